The SMILES string of the molecule is COc1cc(O[C@@H]2O[C@H](CO[C@@H]3OC[C@@H](O)[C@H](O)[C@H]3O)[C@@H](O)[C@H](O)[C@H]2O)c2c(=O)c3c(OC)c(OC)ccc3oc2c1OC. The molecule has 9 atom stereocenters. The van der Waals surface area contributed by atoms with Crippen molar-refractivity contribution in [2.45, 2.75) is 55.3 Å². The predicted molar refractivity (Wildman–Crippen MR) is 147 cm³/mol. The molecule has 0 amide bonds. The molecule has 16 heteroatoms. The van der Waals surface area contributed by atoms with Crippen LogP contribution in [0.15, 0.2) is 27.4 Å². The first kappa shape index (κ1) is 32.0. The molecule has 2 fully saturated rings. The molecule has 0 radical (unpaired) electrons. The lowest BCUT2D eigenvalue weighted by molar-refractivity contribution is -0.307. The van der Waals surface area contributed by atoms with Crippen molar-refractivity contribution >= 4 is 21.9 Å². The number of rotatable bonds is 9. The highest BCUT2D eigenvalue weighted by Crippen LogP contribution is 2.44. The van der Waals surface area contributed by atoms with Gasteiger partial charge < -0.3 is 73.0 Å². The Morgan fingerprint density at radius 2 is 1.43 bits per heavy atom. The van der Waals surface area contributed by atoms with Crippen molar-refractivity contribution in [3.8, 4) is 28.7 Å². The third kappa shape index (κ3) is 5.48. The maximum atomic E-state index is 14.0. The number of methoxy groups -OCH3 is 4. The molecule has 1 aromatic heterocycles. The van der Waals surface area contributed by atoms with Crippen LogP contribution in [0.3, 0.4) is 0 Å². The molecule has 2 aliphatic heterocycles. The van der Waals surface area contributed by atoms with Crippen LogP contribution in [0.5, 0.6) is 28.7 Å². The van der Waals surface area contributed by atoms with Crippen molar-refractivity contribution in [3.05, 3.63) is 28.4 Å². The van der Waals surface area contributed by atoms with E-state index < -0.39 is 67.3 Å². The maximum Gasteiger partial charge on any atom is 0.229 e. The second kappa shape index (κ2) is 12.9. The fraction of sp³-hybridized carbons (Fsp3) is 0.536. The highest BCUT2D eigenvalue weighted by Gasteiger charge is 2.47. The molecule has 2 aliphatic rings. The Hall–Kier alpha value is -3.45. The zero-order valence-electron chi connectivity index (χ0n) is 24.1. The van der Waals surface area contributed by atoms with Crippen LogP contribution in [0, 0.1) is 0 Å². The first-order valence-electron chi connectivity index (χ1n) is 13.5. The van der Waals surface area contributed by atoms with Gasteiger partial charge in [-0.05, 0) is 12.1 Å². The maximum absolute atomic E-state index is 14.0. The molecule has 0 bridgehead atoms. The molecule has 3 heterocycles. The Morgan fingerprint density at radius 3 is 2.09 bits per heavy atom. The number of benzene rings is 2. The van der Waals surface area contributed by atoms with Gasteiger partial charge in [0.1, 0.15) is 64.8 Å². The summed E-state index contributed by atoms with van der Waals surface area (Å²) in [5.41, 5.74) is -0.559. The van der Waals surface area contributed by atoms with Crippen LogP contribution in [0.4, 0.5) is 0 Å². The van der Waals surface area contributed by atoms with E-state index in [1.54, 1.807) is 6.07 Å². The van der Waals surface area contributed by atoms with Crippen molar-refractivity contribution in [2.24, 2.45) is 0 Å². The van der Waals surface area contributed by atoms with Crippen molar-refractivity contribution in [2.75, 3.05) is 41.7 Å². The molecule has 0 unspecified atom stereocenters. The first-order valence-corrected chi connectivity index (χ1v) is 13.5. The molecule has 242 valence electrons. The smallest absolute Gasteiger partial charge is 0.229 e. The molecule has 16 nitrogen and oxygen atoms in total. The van der Waals surface area contributed by atoms with Crippen LogP contribution in [0.2, 0.25) is 0 Å². The monoisotopic (exact) mass is 626 g/mol. The number of aliphatic hydroxyl groups excluding tert-OH is 6. The summed E-state index contributed by atoms with van der Waals surface area (Å²) in [6.07, 6.45) is -14.2. The number of hydrogen-bond acceptors (Lipinski definition) is 16. The summed E-state index contributed by atoms with van der Waals surface area (Å²) >= 11 is 0. The van der Waals surface area contributed by atoms with Crippen LogP contribution in [0.1, 0.15) is 0 Å². The number of aliphatic hydroxyl groups is 6. The Morgan fingerprint density at radius 1 is 0.750 bits per heavy atom. The second-order valence-electron chi connectivity index (χ2n) is 10.1. The van der Waals surface area contributed by atoms with Crippen LogP contribution in [0.25, 0.3) is 21.9 Å². The van der Waals surface area contributed by atoms with Gasteiger partial charge in [-0.2, -0.15) is 0 Å². The molecular formula is C28H34O16. The highest BCUT2D eigenvalue weighted by atomic mass is 16.7. The van der Waals surface area contributed by atoms with E-state index in [1.807, 2.05) is 0 Å². The summed E-state index contributed by atoms with van der Waals surface area (Å²) in [6, 6.07) is 4.37. The van der Waals surface area contributed by atoms with E-state index in [0.717, 1.165) is 0 Å². The molecule has 2 saturated heterocycles. The minimum Gasteiger partial charge on any atom is -0.493 e. The van der Waals surface area contributed by atoms with Crippen molar-refractivity contribution in [1.82, 2.24) is 0 Å². The lowest BCUT2D eigenvalue weighted by Gasteiger charge is -2.41. The number of hydrogen-bond donors (Lipinski definition) is 6. The summed E-state index contributed by atoms with van der Waals surface area (Å²) in [7, 11) is 5.45. The molecular weight excluding hydrogens is 592 g/mol. The molecule has 3 aromatic rings. The van der Waals surface area contributed by atoms with E-state index in [1.165, 1.54) is 40.6 Å². The molecule has 5 rings (SSSR count). The largest absolute Gasteiger partial charge is 0.493 e. The van der Waals surface area contributed by atoms with Gasteiger partial charge >= 0.3 is 0 Å². The van der Waals surface area contributed by atoms with Gasteiger partial charge in [-0.15, -0.1) is 0 Å². The average molecular weight is 627 g/mol. The first-order chi connectivity index (χ1) is 21.1. The van der Waals surface area contributed by atoms with Gasteiger partial charge in [0.15, 0.2) is 29.1 Å². The van der Waals surface area contributed by atoms with Crippen LogP contribution >= 0.6 is 0 Å². The lowest BCUT2D eigenvalue weighted by atomic mass is 9.99. The minimum atomic E-state index is -1.82. The fourth-order valence-electron chi connectivity index (χ4n) is 5.18. The molecule has 44 heavy (non-hydrogen) atoms. The van der Waals surface area contributed by atoms with Crippen molar-refractivity contribution < 1.29 is 73.0 Å². The Balaban J connectivity index is 1.53. The van der Waals surface area contributed by atoms with Gasteiger partial charge in [-0.3, -0.25) is 4.79 Å². The van der Waals surface area contributed by atoms with E-state index in [4.69, 9.17) is 42.3 Å². The third-order valence-corrected chi connectivity index (χ3v) is 7.55. The zero-order chi connectivity index (χ0) is 31.9. The zero-order valence-corrected chi connectivity index (χ0v) is 24.1. The van der Waals surface area contributed by atoms with Gasteiger partial charge in [0.2, 0.25) is 17.5 Å². The minimum absolute atomic E-state index is 0.0154. The van der Waals surface area contributed by atoms with Crippen LogP contribution in [-0.2, 0) is 14.2 Å². The Bertz CT molecular complexity index is 1540. The van der Waals surface area contributed by atoms with Crippen molar-refractivity contribution in [1.29, 1.82) is 0 Å². The fourth-order valence-corrected chi connectivity index (χ4v) is 5.18. The molecule has 0 saturated carbocycles. The second-order valence-corrected chi connectivity index (χ2v) is 10.1. The Labute approximate surface area is 249 Å². The normalized spacial score (nSPS) is 30.7. The topological polar surface area (TPSA) is 225 Å². The van der Waals surface area contributed by atoms with E-state index in [2.05, 4.69) is 0 Å². The number of ether oxygens (including phenoxy) is 8. The van der Waals surface area contributed by atoms with Gasteiger partial charge in [0.05, 0.1) is 41.7 Å². The van der Waals surface area contributed by atoms with E-state index in [9.17, 15) is 35.4 Å². The van der Waals surface area contributed by atoms with E-state index in [0.29, 0.717) is 0 Å². The standard InChI is InChI=1S/C28H34O16/c1-36-12-6-5-11-16(24(12)38-3)20(32)17-13(7-14(37-2)25(39-4)26(17)42-11)43-28-23(35)21(33)19(31)15(44-28)9-41-27-22(34)18(30)10(29)8-40-27/h5-7,10,15,18-19,21-23,27-31,33-35H,8-9H2,1-4H3/t10-,15-,18+,19-,21+,22-,23-,27+,28-/m1/s1. The van der Waals surface area contributed by atoms with Crippen molar-refractivity contribution in [3.63, 3.8) is 0 Å². The summed E-state index contributed by atoms with van der Waals surface area (Å²) in [5.74, 6) is 0.306. The predicted octanol–water partition coefficient (Wildman–Crippen LogP) is -1.38. The molecule has 2 aromatic carbocycles. The van der Waals surface area contributed by atoms with Gasteiger partial charge in [0.25, 0.3) is 0 Å². The summed E-state index contributed by atoms with van der Waals surface area (Å²) in [6.45, 7) is -0.837. The molecule has 0 aliphatic carbocycles. The molecule has 0 spiro atoms. The summed E-state index contributed by atoms with van der Waals surface area (Å²) < 4.78 is 50.1. The summed E-state index contributed by atoms with van der Waals surface area (Å²) in [4.78, 5) is 14.0. The third-order valence-electron chi connectivity index (χ3n) is 7.55. The average Bonchev–Trinajstić information content (AvgIpc) is 3.03. The Kier molecular flexibility index (Phi) is 9.36. The van der Waals surface area contributed by atoms with Gasteiger partial charge in [-0.25, -0.2) is 0 Å². The lowest BCUT2D eigenvalue weighted by Crippen LogP contribution is -2.61. The summed E-state index contributed by atoms with van der Waals surface area (Å²) in [5, 5.41) is 61.6. The van der Waals surface area contributed by atoms with Gasteiger partial charge in [-0.1, -0.05) is 0 Å². The van der Waals surface area contributed by atoms with E-state index >= 15 is 0 Å². The molecule has 6 N–H and O–H groups in total. The van der Waals surface area contributed by atoms with Gasteiger partial charge in [0, 0.05) is 6.07 Å². The highest BCUT2D eigenvalue weighted by molar-refractivity contribution is 6.00. The van der Waals surface area contributed by atoms with Crippen LogP contribution < -0.4 is 29.1 Å². The number of fused-ring (bicyclic) bond motifs is 2. The van der Waals surface area contributed by atoms with Crippen LogP contribution in [-0.4, -0.2) is 128 Å². The quantitative estimate of drug-likeness (QED) is 0.151. The van der Waals surface area contributed by atoms with E-state index in [-0.39, 0.29) is 57.3 Å².